The van der Waals surface area contributed by atoms with Crippen LogP contribution in [0.3, 0.4) is 0 Å². The summed E-state index contributed by atoms with van der Waals surface area (Å²) in [7, 11) is -3.61. The maximum atomic E-state index is 11.4. The van der Waals surface area contributed by atoms with Gasteiger partial charge in [0.2, 0.25) is 7.37 Å². The molecule has 0 aromatic heterocycles. The largest absolute Gasteiger partial charge is 0.481 e. The molecular weight excluding hydrogens is 237 g/mol. The number of rotatable bonds is 7. The smallest absolute Gasteiger partial charge is 0.323 e. The Morgan fingerprint density at radius 3 is 2.19 bits per heavy atom. The van der Waals surface area contributed by atoms with Gasteiger partial charge in [-0.3, -0.25) is 14.2 Å². The normalized spacial score (nSPS) is 18.4. The molecule has 8 heteroatoms. The molecule has 16 heavy (non-hydrogen) atoms. The first kappa shape index (κ1) is 15.1. The lowest BCUT2D eigenvalue weighted by Crippen LogP contribution is -2.45. The Labute approximate surface area is 92.7 Å². The Hall–Kier alpha value is -0.910. The van der Waals surface area contributed by atoms with E-state index in [0.717, 1.165) is 0 Å². The molecule has 94 valence electrons. The van der Waals surface area contributed by atoms with Gasteiger partial charge in [-0.15, -0.1) is 0 Å². The van der Waals surface area contributed by atoms with Crippen LogP contribution in [0.25, 0.3) is 0 Å². The highest BCUT2D eigenvalue weighted by Crippen LogP contribution is 2.42. The zero-order valence-corrected chi connectivity index (χ0v) is 9.81. The summed E-state index contributed by atoms with van der Waals surface area (Å²) in [6.07, 6.45) is -1.24. The van der Waals surface area contributed by atoms with E-state index in [1.165, 1.54) is 6.92 Å². The van der Waals surface area contributed by atoms with Crippen LogP contribution >= 0.6 is 7.37 Å². The van der Waals surface area contributed by atoms with Crippen LogP contribution in [0.5, 0.6) is 0 Å². The summed E-state index contributed by atoms with van der Waals surface area (Å²) in [6.45, 7) is 1.24. The molecule has 0 heterocycles. The van der Waals surface area contributed by atoms with E-state index in [4.69, 9.17) is 15.9 Å². The van der Waals surface area contributed by atoms with Gasteiger partial charge in [0.25, 0.3) is 0 Å². The van der Waals surface area contributed by atoms with Gasteiger partial charge in [-0.05, 0) is 13.3 Å². The van der Waals surface area contributed by atoms with Crippen molar-refractivity contribution in [1.82, 2.24) is 0 Å². The number of aliphatic carboxylic acids is 2. The summed E-state index contributed by atoms with van der Waals surface area (Å²) in [6, 6.07) is 0. The average molecular weight is 253 g/mol. The fraction of sp³-hybridized carbons (Fsp3) is 0.750. The molecule has 0 aliphatic rings. The van der Waals surface area contributed by atoms with Gasteiger partial charge in [0, 0.05) is 12.3 Å². The maximum absolute atomic E-state index is 11.4. The van der Waals surface area contributed by atoms with Crippen molar-refractivity contribution in [2.45, 2.75) is 25.3 Å². The number of carboxylic acid groups (broad SMARTS) is 2. The lowest BCUT2D eigenvalue weighted by Gasteiger charge is -2.20. The molecule has 0 amide bonds. The number of carboxylic acids is 2. The fourth-order valence-corrected chi connectivity index (χ4v) is 2.47. The Balaban J connectivity index is 4.23. The number of carbonyl (C=O) groups is 2. The molecular formula is C8H16NO6P. The van der Waals surface area contributed by atoms with Crippen molar-refractivity contribution >= 4 is 19.3 Å². The quantitative estimate of drug-likeness (QED) is 0.465. The summed E-state index contributed by atoms with van der Waals surface area (Å²) in [5.41, 5.74) is 3.81. The first-order chi connectivity index (χ1) is 7.07. The summed E-state index contributed by atoms with van der Waals surface area (Å²) in [5, 5.41) is 17.0. The minimum Gasteiger partial charge on any atom is -0.481 e. The molecule has 0 rings (SSSR count). The molecule has 2 atom stereocenters. The third kappa shape index (κ3) is 5.85. The second-order valence-electron chi connectivity index (χ2n) is 3.91. The van der Waals surface area contributed by atoms with Gasteiger partial charge >= 0.3 is 11.9 Å². The molecule has 0 aliphatic carbocycles. The highest BCUT2D eigenvalue weighted by molar-refractivity contribution is 7.58. The fourth-order valence-electron chi connectivity index (χ4n) is 0.896. The van der Waals surface area contributed by atoms with Crippen molar-refractivity contribution in [3.8, 4) is 0 Å². The number of nitrogens with two attached hydrogens (primary N) is 1. The lowest BCUT2D eigenvalue weighted by molar-refractivity contribution is -0.142. The van der Waals surface area contributed by atoms with Crippen LogP contribution in [-0.4, -0.2) is 44.9 Å². The first-order valence-corrected chi connectivity index (χ1v) is 6.65. The monoisotopic (exact) mass is 253 g/mol. The third-order valence-electron chi connectivity index (χ3n) is 2.14. The third-order valence-corrected chi connectivity index (χ3v) is 3.99. The van der Waals surface area contributed by atoms with Gasteiger partial charge < -0.3 is 20.8 Å². The number of hydrogen-bond donors (Lipinski definition) is 4. The second kappa shape index (κ2) is 5.43. The molecule has 5 N–H and O–H groups in total. The van der Waals surface area contributed by atoms with E-state index in [1.807, 2.05) is 0 Å². The molecule has 0 saturated heterocycles. The Kier molecular flexibility index (Phi) is 5.12. The predicted octanol–water partition coefficient (Wildman–Crippen LogP) is -0.0764. The van der Waals surface area contributed by atoms with Crippen LogP contribution in [0.4, 0.5) is 0 Å². The van der Waals surface area contributed by atoms with Gasteiger partial charge in [0.1, 0.15) is 5.54 Å². The van der Waals surface area contributed by atoms with Crippen LogP contribution in [-0.2, 0) is 14.2 Å². The summed E-state index contributed by atoms with van der Waals surface area (Å²) in [5.74, 6) is -2.42. The molecule has 0 aromatic rings. The van der Waals surface area contributed by atoms with Crippen molar-refractivity contribution in [3.05, 3.63) is 0 Å². The Bertz CT molecular complexity index is 326. The first-order valence-electron chi connectivity index (χ1n) is 4.62. The van der Waals surface area contributed by atoms with Crippen LogP contribution in [0.1, 0.15) is 19.8 Å². The zero-order chi connectivity index (χ0) is 13.0. The second-order valence-corrected chi connectivity index (χ2v) is 6.50. The molecule has 0 spiro atoms. The molecule has 1 unspecified atom stereocenters. The van der Waals surface area contributed by atoms with Crippen LogP contribution in [0.15, 0.2) is 0 Å². The topological polar surface area (TPSA) is 138 Å². The van der Waals surface area contributed by atoms with Crippen molar-refractivity contribution < 1.29 is 29.3 Å². The van der Waals surface area contributed by atoms with Gasteiger partial charge in [0.15, 0.2) is 0 Å². The Morgan fingerprint density at radius 1 is 1.31 bits per heavy atom. The predicted molar refractivity (Wildman–Crippen MR) is 56.7 cm³/mol. The van der Waals surface area contributed by atoms with Crippen molar-refractivity contribution in [2.75, 3.05) is 12.3 Å². The van der Waals surface area contributed by atoms with Crippen molar-refractivity contribution in [1.29, 1.82) is 0 Å². The van der Waals surface area contributed by atoms with Gasteiger partial charge in [-0.1, -0.05) is 0 Å². The minimum absolute atomic E-state index is 0.171. The molecule has 7 nitrogen and oxygen atoms in total. The van der Waals surface area contributed by atoms with Gasteiger partial charge in [-0.2, -0.15) is 0 Å². The van der Waals surface area contributed by atoms with Crippen LogP contribution in [0, 0.1) is 0 Å². The molecule has 0 aliphatic heterocycles. The summed E-state index contributed by atoms with van der Waals surface area (Å²) < 4.78 is 11.4. The van der Waals surface area contributed by atoms with Crippen LogP contribution < -0.4 is 5.73 Å². The van der Waals surface area contributed by atoms with E-state index >= 15 is 0 Å². The van der Waals surface area contributed by atoms with E-state index in [2.05, 4.69) is 0 Å². The summed E-state index contributed by atoms with van der Waals surface area (Å²) in [4.78, 5) is 30.2. The maximum Gasteiger partial charge on any atom is 0.323 e. The lowest BCUT2D eigenvalue weighted by atomic mass is 10.0. The number of hydrogen-bond acceptors (Lipinski definition) is 4. The van der Waals surface area contributed by atoms with E-state index in [-0.39, 0.29) is 18.7 Å². The molecule has 0 bridgehead atoms. The van der Waals surface area contributed by atoms with E-state index in [9.17, 15) is 19.0 Å². The van der Waals surface area contributed by atoms with E-state index in [0.29, 0.717) is 0 Å². The highest BCUT2D eigenvalue weighted by atomic mass is 31.2. The van der Waals surface area contributed by atoms with Gasteiger partial charge in [0.05, 0.1) is 6.42 Å². The van der Waals surface area contributed by atoms with Crippen molar-refractivity contribution in [3.63, 3.8) is 0 Å². The van der Waals surface area contributed by atoms with Crippen LogP contribution in [0.2, 0.25) is 0 Å². The minimum atomic E-state index is -3.61. The van der Waals surface area contributed by atoms with Gasteiger partial charge in [-0.25, -0.2) is 0 Å². The summed E-state index contributed by atoms with van der Waals surface area (Å²) >= 11 is 0. The molecule has 0 fully saturated rings. The average Bonchev–Trinajstić information content (AvgIpc) is 2.12. The van der Waals surface area contributed by atoms with E-state index in [1.54, 1.807) is 0 Å². The molecule has 0 radical (unpaired) electrons. The van der Waals surface area contributed by atoms with Crippen molar-refractivity contribution in [2.24, 2.45) is 5.73 Å². The zero-order valence-electron chi connectivity index (χ0n) is 8.92. The van der Waals surface area contributed by atoms with E-state index < -0.39 is 31.3 Å². The highest BCUT2D eigenvalue weighted by Gasteiger charge is 2.31. The SMILES string of the molecule is C[C@@](N)(CCP(=O)(O)CCC(=O)O)C(=O)O. The Morgan fingerprint density at radius 2 is 1.81 bits per heavy atom. The molecule has 0 saturated carbocycles. The molecule has 0 aromatic carbocycles. The standard InChI is InChI=1S/C8H16NO6P/c1-8(9,7(12)13)3-5-16(14,15)4-2-6(10)11/h2-5,9H2,1H3,(H,10,11)(H,12,13)(H,14,15)/t8-/m1/s1.